The molecule has 1 saturated carbocycles. The summed E-state index contributed by atoms with van der Waals surface area (Å²) >= 11 is 0. The second-order valence-electron chi connectivity index (χ2n) is 7.71. The van der Waals surface area contributed by atoms with E-state index in [0.717, 1.165) is 37.4 Å². The van der Waals surface area contributed by atoms with Gasteiger partial charge in [-0.05, 0) is 55.4 Å². The van der Waals surface area contributed by atoms with E-state index in [-0.39, 0.29) is 11.9 Å². The lowest BCUT2D eigenvalue weighted by Gasteiger charge is -2.33. The van der Waals surface area contributed by atoms with Gasteiger partial charge >= 0.3 is 0 Å². The van der Waals surface area contributed by atoms with E-state index in [0.29, 0.717) is 11.5 Å². The third-order valence-corrected chi connectivity index (χ3v) is 5.73. The van der Waals surface area contributed by atoms with E-state index in [2.05, 4.69) is 10.2 Å². The summed E-state index contributed by atoms with van der Waals surface area (Å²) in [5, 5.41) is 3.15. The van der Waals surface area contributed by atoms with E-state index in [1.165, 1.54) is 32.2 Å². The van der Waals surface area contributed by atoms with E-state index >= 15 is 0 Å². The second-order valence-corrected chi connectivity index (χ2v) is 7.71. The number of nitrogens with zero attached hydrogens (tertiary/aromatic N) is 1. The Morgan fingerprint density at radius 1 is 1.07 bits per heavy atom. The van der Waals surface area contributed by atoms with Crippen molar-refractivity contribution in [3.63, 3.8) is 0 Å². The van der Waals surface area contributed by atoms with E-state index in [4.69, 9.17) is 9.47 Å². The largest absolute Gasteiger partial charge is 0.497 e. The van der Waals surface area contributed by atoms with Crippen molar-refractivity contribution in [2.75, 3.05) is 33.9 Å². The molecule has 1 N–H and O–H groups in total. The first-order valence-corrected chi connectivity index (χ1v) is 10.1. The zero-order valence-corrected chi connectivity index (χ0v) is 16.6. The van der Waals surface area contributed by atoms with Gasteiger partial charge < -0.3 is 19.7 Å². The van der Waals surface area contributed by atoms with Crippen LogP contribution < -0.4 is 14.8 Å². The molecule has 0 bridgehead atoms. The Hall–Kier alpha value is -2.01. The highest BCUT2D eigenvalue weighted by Gasteiger charge is 2.23. The highest BCUT2D eigenvalue weighted by atomic mass is 16.5. The smallest absolute Gasteiger partial charge is 0.244 e. The van der Waals surface area contributed by atoms with Crippen molar-refractivity contribution < 1.29 is 14.3 Å². The minimum absolute atomic E-state index is 0.0361. The fourth-order valence-electron chi connectivity index (χ4n) is 4.16. The predicted octanol–water partition coefficient (Wildman–Crippen LogP) is 3.49. The number of carbonyl (C=O) groups is 1. The Balaban J connectivity index is 1.45. The topological polar surface area (TPSA) is 50.8 Å². The van der Waals surface area contributed by atoms with E-state index in [9.17, 15) is 4.79 Å². The average molecular weight is 373 g/mol. The number of nitrogens with one attached hydrogen (secondary N) is 1. The van der Waals surface area contributed by atoms with E-state index in [1.54, 1.807) is 26.4 Å². The van der Waals surface area contributed by atoms with Gasteiger partial charge in [-0.15, -0.1) is 0 Å². The van der Waals surface area contributed by atoms with Crippen LogP contribution in [0.3, 0.4) is 0 Å². The monoisotopic (exact) mass is 372 g/mol. The molecule has 2 fully saturated rings. The van der Waals surface area contributed by atoms with Crippen molar-refractivity contribution in [2.45, 2.75) is 44.6 Å². The normalized spacial score (nSPS) is 19.5. The molecule has 2 aliphatic rings. The third kappa shape index (κ3) is 5.99. The Morgan fingerprint density at radius 3 is 2.30 bits per heavy atom. The summed E-state index contributed by atoms with van der Waals surface area (Å²) in [5.41, 5.74) is 0.882. The Labute approximate surface area is 162 Å². The zero-order chi connectivity index (χ0) is 19.1. The van der Waals surface area contributed by atoms with Crippen LogP contribution in [0, 0.1) is 5.92 Å². The quantitative estimate of drug-likeness (QED) is 0.745. The van der Waals surface area contributed by atoms with Crippen LogP contribution in [-0.2, 0) is 4.79 Å². The number of likely N-dealkylation sites (tertiary alicyclic amines) is 1. The molecule has 1 aliphatic carbocycles. The van der Waals surface area contributed by atoms with Crippen molar-refractivity contribution in [3.8, 4) is 11.5 Å². The number of amides is 1. The predicted molar refractivity (Wildman–Crippen MR) is 108 cm³/mol. The molecule has 148 valence electrons. The highest BCUT2D eigenvalue weighted by molar-refractivity contribution is 5.92. The summed E-state index contributed by atoms with van der Waals surface area (Å²) in [6.45, 7) is 3.44. The van der Waals surface area contributed by atoms with Crippen molar-refractivity contribution in [3.05, 3.63) is 29.8 Å². The summed E-state index contributed by atoms with van der Waals surface area (Å²) in [4.78, 5) is 14.9. The lowest BCUT2D eigenvalue weighted by atomic mass is 10.0. The van der Waals surface area contributed by atoms with Crippen LogP contribution in [0.1, 0.15) is 44.1 Å². The van der Waals surface area contributed by atoms with E-state index in [1.807, 2.05) is 18.2 Å². The van der Waals surface area contributed by atoms with Crippen LogP contribution in [0.4, 0.5) is 0 Å². The standard InChI is InChI=1S/C22H32N2O3/c1-26-20-13-18(14-21(15-20)27-2)7-8-22(25)23-19-9-11-24(12-10-19)16-17-5-3-4-6-17/h7-8,13-15,17,19H,3-6,9-12,16H2,1-2H3,(H,23,25)/b8-7+. The van der Waals surface area contributed by atoms with Crippen LogP contribution in [0.15, 0.2) is 24.3 Å². The number of hydrogen-bond donors (Lipinski definition) is 1. The molecule has 0 spiro atoms. The Kier molecular flexibility index (Phi) is 7.16. The van der Waals surface area contributed by atoms with Gasteiger partial charge in [0.15, 0.2) is 0 Å². The maximum atomic E-state index is 12.3. The van der Waals surface area contributed by atoms with E-state index < -0.39 is 0 Å². The summed E-state index contributed by atoms with van der Waals surface area (Å²) in [6.07, 6.45) is 11.1. The second kappa shape index (κ2) is 9.79. The maximum absolute atomic E-state index is 12.3. The number of hydrogen-bond acceptors (Lipinski definition) is 4. The van der Waals surface area contributed by atoms with Crippen molar-refractivity contribution in [1.82, 2.24) is 10.2 Å². The highest BCUT2D eigenvalue weighted by Crippen LogP contribution is 2.26. The molecule has 1 amide bonds. The number of piperidine rings is 1. The molecule has 5 nitrogen and oxygen atoms in total. The average Bonchev–Trinajstić information content (AvgIpc) is 3.20. The van der Waals surface area contributed by atoms with Crippen LogP contribution in [-0.4, -0.2) is 50.7 Å². The molecule has 27 heavy (non-hydrogen) atoms. The molecular weight excluding hydrogens is 340 g/mol. The van der Waals surface area contributed by atoms with Crippen LogP contribution >= 0.6 is 0 Å². The Bertz CT molecular complexity index is 623. The molecule has 0 atom stereocenters. The number of benzene rings is 1. The molecule has 0 aromatic heterocycles. The number of methoxy groups -OCH3 is 2. The maximum Gasteiger partial charge on any atom is 0.244 e. The first-order valence-electron chi connectivity index (χ1n) is 10.1. The Morgan fingerprint density at radius 2 is 1.70 bits per heavy atom. The molecule has 1 heterocycles. The summed E-state index contributed by atoms with van der Waals surface area (Å²) in [5.74, 6) is 2.29. The van der Waals surface area contributed by atoms with Gasteiger partial charge in [0.1, 0.15) is 11.5 Å². The molecular formula is C22H32N2O3. The van der Waals surface area contributed by atoms with Crippen LogP contribution in [0.5, 0.6) is 11.5 Å². The summed E-state index contributed by atoms with van der Waals surface area (Å²) in [7, 11) is 3.24. The molecule has 1 saturated heterocycles. The first kappa shape index (κ1) is 19.7. The minimum atomic E-state index is -0.0361. The van der Waals surface area contributed by atoms with Gasteiger partial charge in [-0.3, -0.25) is 4.79 Å². The fraction of sp³-hybridized carbons (Fsp3) is 0.591. The van der Waals surface area contributed by atoms with Crippen LogP contribution in [0.2, 0.25) is 0 Å². The van der Waals surface area contributed by atoms with Gasteiger partial charge in [0.25, 0.3) is 0 Å². The molecule has 0 unspecified atom stereocenters. The van der Waals surface area contributed by atoms with Gasteiger partial charge in [0.2, 0.25) is 5.91 Å². The molecule has 0 radical (unpaired) electrons. The van der Waals surface area contributed by atoms with Crippen molar-refractivity contribution in [2.24, 2.45) is 5.92 Å². The van der Waals surface area contributed by atoms with Crippen molar-refractivity contribution >= 4 is 12.0 Å². The first-order chi connectivity index (χ1) is 13.2. The molecule has 1 aromatic carbocycles. The fourth-order valence-corrected chi connectivity index (χ4v) is 4.16. The lowest BCUT2D eigenvalue weighted by molar-refractivity contribution is -0.117. The summed E-state index contributed by atoms with van der Waals surface area (Å²) in [6, 6.07) is 5.86. The molecule has 1 aliphatic heterocycles. The van der Waals surface area contributed by atoms with Gasteiger partial charge in [0, 0.05) is 37.8 Å². The molecule has 1 aromatic rings. The zero-order valence-electron chi connectivity index (χ0n) is 16.6. The lowest BCUT2D eigenvalue weighted by Crippen LogP contribution is -2.45. The van der Waals surface area contributed by atoms with Gasteiger partial charge in [-0.2, -0.15) is 0 Å². The van der Waals surface area contributed by atoms with Crippen molar-refractivity contribution in [1.29, 1.82) is 0 Å². The number of carbonyl (C=O) groups excluding carboxylic acids is 1. The molecule has 3 rings (SSSR count). The van der Waals surface area contributed by atoms with Crippen LogP contribution in [0.25, 0.3) is 6.08 Å². The van der Waals surface area contributed by atoms with Gasteiger partial charge in [-0.25, -0.2) is 0 Å². The number of rotatable bonds is 7. The minimum Gasteiger partial charge on any atom is -0.497 e. The molecule has 5 heteroatoms. The van der Waals surface area contributed by atoms with Gasteiger partial charge in [-0.1, -0.05) is 12.8 Å². The number of ether oxygens (including phenoxy) is 2. The van der Waals surface area contributed by atoms with Gasteiger partial charge in [0.05, 0.1) is 14.2 Å². The third-order valence-electron chi connectivity index (χ3n) is 5.73. The summed E-state index contributed by atoms with van der Waals surface area (Å²) < 4.78 is 10.5. The SMILES string of the molecule is COc1cc(/C=C/C(=O)NC2CCN(CC3CCCC3)CC2)cc(OC)c1.